The second-order valence-electron chi connectivity index (χ2n) is 2.77. The van der Waals surface area contributed by atoms with Crippen LogP contribution in [0.3, 0.4) is 0 Å². The van der Waals surface area contributed by atoms with E-state index in [2.05, 4.69) is 4.98 Å². The summed E-state index contributed by atoms with van der Waals surface area (Å²) >= 11 is 0. The molecule has 3 nitrogen and oxygen atoms in total. The molecule has 0 saturated heterocycles. The number of nitrogens with zero attached hydrogens (tertiary/aromatic N) is 1. The van der Waals surface area contributed by atoms with Gasteiger partial charge in [-0.2, -0.15) is 0 Å². The number of nitrogens with two attached hydrogens (primary N) is 1. The molecular weight excluding hydrogens is 223 g/mol. The summed E-state index contributed by atoms with van der Waals surface area (Å²) in [7, 11) is 1.61. The van der Waals surface area contributed by atoms with Crippen molar-refractivity contribution in [3.63, 3.8) is 0 Å². The van der Waals surface area contributed by atoms with Crippen molar-refractivity contribution in [3.05, 3.63) is 22.9 Å². The molecule has 0 spiro atoms. The molecule has 0 saturated carbocycles. The highest BCUT2D eigenvalue weighted by atomic mass is 35.5. The maximum absolute atomic E-state index is 5.56. The molecule has 0 aliphatic heterocycles. The molecule has 0 amide bonds. The molecule has 82 valence electrons. The molecule has 0 aliphatic rings. The first-order valence-electron chi connectivity index (χ1n) is 3.90. The molecule has 0 aromatic carbocycles. The molecule has 14 heavy (non-hydrogen) atoms. The van der Waals surface area contributed by atoms with Crippen molar-refractivity contribution in [2.24, 2.45) is 5.73 Å². The van der Waals surface area contributed by atoms with Crippen molar-refractivity contribution in [1.82, 2.24) is 4.98 Å². The smallest absolute Gasteiger partial charge is 0.218 e. The van der Waals surface area contributed by atoms with Crippen LogP contribution in [0.2, 0.25) is 0 Å². The van der Waals surface area contributed by atoms with Gasteiger partial charge in [-0.15, -0.1) is 24.8 Å². The van der Waals surface area contributed by atoms with Crippen molar-refractivity contribution >= 4 is 24.8 Å². The third-order valence-corrected chi connectivity index (χ3v) is 1.83. The Kier molecular flexibility index (Phi) is 7.82. The van der Waals surface area contributed by atoms with Crippen molar-refractivity contribution < 1.29 is 4.74 Å². The van der Waals surface area contributed by atoms with E-state index in [0.717, 1.165) is 16.8 Å². The molecule has 1 aromatic rings. The van der Waals surface area contributed by atoms with Crippen LogP contribution >= 0.6 is 24.8 Å². The fourth-order valence-corrected chi connectivity index (χ4v) is 1.25. The zero-order valence-corrected chi connectivity index (χ0v) is 10.2. The molecule has 5 heteroatoms. The number of halogens is 2. The van der Waals surface area contributed by atoms with Gasteiger partial charge in [0.25, 0.3) is 0 Å². The van der Waals surface area contributed by atoms with E-state index in [4.69, 9.17) is 10.5 Å². The van der Waals surface area contributed by atoms with Crippen LogP contribution in [-0.2, 0) is 6.54 Å². The van der Waals surface area contributed by atoms with Gasteiger partial charge in [0.15, 0.2) is 0 Å². The predicted octanol–water partition coefficient (Wildman–Crippen LogP) is 2.01. The van der Waals surface area contributed by atoms with Gasteiger partial charge in [-0.25, -0.2) is 4.98 Å². The second kappa shape index (κ2) is 6.87. The zero-order valence-electron chi connectivity index (χ0n) is 8.53. The van der Waals surface area contributed by atoms with Gasteiger partial charge in [0.1, 0.15) is 0 Å². The molecule has 0 fully saturated rings. The van der Waals surface area contributed by atoms with E-state index in [9.17, 15) is 0 Å². The van der Waals surface area contributed by atoms with Crippen LogP contribution < -0.4 is 10.5 Å². The summed E-state index contributed by atoms with van der Waals surface area (Å²) in [4.78, 5) is 4.22. The van der Waals surface area contributed by atoms with Gasteiger partial charge < -0.3 is 10.5 Å². The minimum atomic E-state index is 0. The molecule has 0 bridgehead atoms. The standard InChI is InChI=1S/C9H14N2O.2ClH/c1-6-4-7(2)11-9(12-3)8(6)5-10;;/h4H,5,10H2,1-3H3;2*1H. The molecule has 2 N–H and O–H groups in total. The maximum atomic E-state index is 5.56. The SMILES string of the molecule is COc1nc(C)cc(C)c1CN.Cl.Cl. The van der Waals surface area contributed by atoms with Crippen LogP contribution in [0.5, 0.6) is 5.88 Å². The van der Waals surface area contributed by atoms with E-state index in [1.54, 1.807) is 7.11 Å². The maximum Gasteiger partial charge on any atom is 0.218 e. The normalized spacial score (nSPS) is 8.57. The summed E-state index contributed by atoms with van der Waals surface area (Å²) < 4.78 is 5.11. The van der Waals surface area contributed by atoms with Gasteiger partial charge in [0.2, 0.25) is 5.88 Å². The highest BCUT2D eigenvalue weighted by Gasteiger charge is 2.06. The number of ether oxygens (including phenoxy) is 1. The average Bonchev–Trinajstić information content (AvgIpc) is 2.03. The van der Waals surface area contributed by atoms with Crippen molar-refractivity contribution in [1.29, 1.82) is 0 Å². The lowest BCUT2D eigenvalue weighted by Gasteiger charge is -2.09. The van der Waals surface area contributed by atoms with Gasteiger partial charge in [0, 0.05) is 17.8 Å². The van der Waals surface area contributed by atoms with Crippen LogP contribution in [0, 0.1) is 13.8 Å². The summed E-state index contributed by atoms with van der Waals surface area (Å²) in [5.74, 6) is 0.648. The minimum Gasteiger partial charge on any atom is -0.481 e. The summed E-state index contributed by atoms with van der Waals surface area (Å²) in [6.45, 7) is 4.43. The van der Waals surface area contributed by atoms with Crippen LogP contribution in [0.1, 0.15) is 16.8 Å². The Morgan fingerprint density at radius 1 is 1.36 bits per heavy atom. The number of hydrogen-bond acceptors (Lipinski definition) is 3. The molecule has 0 unspecified atom stereocenters. The van der Waals surface area contributed by atoms with E-state index in [1.165, 1.54) is 0 Å². The van der Waals surface area contributed by atoms with E-state index in [1.807, 2.05) is 19.9 Å². The number of aromatic nitrogens is 1. The Balaban J connectivity index is 0. The molecule has 1 rings (SSSR count). The van der Waals surface area contributed by atoms with Gasteiger partial charge >= 0.3 is 0 Å². The van der Waals surface area contributed by atoms with Crippen LogP contribution in [-0.4, -0.2) is 12.1 Å². The Morgan fingerprint density at radius 3 is 2.36 bits per heavy atom. The Labute approximate surface area is 96.9 Å². The Bertz CT molecular complexity index is 292. The topological polar surface area (TPSA) is 48.1 Å². The first-order valence-corrected chi connectivity index (χ1v) is 3.90. The summed E-state index contributed by atoms with van der Waals surface area (Å²) in [6, 6.07) is 2.00. The summed E-state index contributed by atoms with van der Waals surface area (Å²) in [5, 5.41) is 0. The number of pyridine rings is 1. The second-order valence-corrected chi connectivity index (χ2v) is 2.77. The predicted molar refractivity (Wildman–Crippen MR) is 62.7 cm³/mol. The largest absolute Gasteiger partial charge is 0.481 e. The number of aryl methyl sites for hydroxylation is 2. The molecule has 1 aromatic heterocycles. The van der Waals surface area contributed by atoms with Crippen molar-refractivity contribution in [3.8, 4) is 5.88 Å². The Hall–Kier alpha value is -0.510. The lowest BCUT2D eigenvalue weighted by molar-refractivity contribution is 0.391. The minimum absolute atomic E-state index is 0. The quantitative estimate of drug-likeness (QED) is 0.858. The van der Waals surface area contributed by atoms with Crippen LogP contribution in [0.4, 0.5) is 0 Å². The molecule has 0 atom stereocenters. The van der Waals surface area contributed by atoms with Crippen molar-refractivity contribution in [2.75, 3.05) is 7.11 Å². The van der Waals surface area contributed by atoms with E-state index >= 15 is 0 Å². The van der Waals surface area contributed by atoms with Gasteiger partial charge in [-0.05, 0) is 25.5 Å². The fraction of sp³-hybridized carbons (Fsp3) is 0.444. The number of rotatable bonds is 2. The third-order valence-electron chi connectivity index (χ3n) is 1.83. The fourth-order valence-electron chi connectivity index (χ4n) is 1.25. The zero-order chi connectivity index (χ0) is 9.14. The first-order chi connectivity index (χ1) is 5.69. The lowest BCUT2D eigenvalue weighted by atomic mass is 10.1. The molecular formula is C9H16Cl2N2O. The van der Waals surface area contributed by atoms with Crippen molar-refractivity contribution in [2.45, 2.75) is 20.4 Å². The molecule has 0 radical (unpaired) electrons. The highest BCUT2D eigenvalue weighted by molar-refractivity contribution is 5.85. The number of methoxy groups -OCH3 is 1. The number of hydrogen-bond donors (Lipinski definition) is 1. The lowest BCUT2D eigenvalue weighted by Crippen LogP contribution is -2.05. The Morgan fingerprint density at radius 2 is 1.93 bits per heavy atom. The van der Waals surface area contributed by atoms with E-state index < -0.39 is 0 Å². The monoisotopic (exact) mass is 238 g/mol. The molecule has 0 aliphatic carbocycles. The summed E-state index contributed by atoms with van der Waals surface area (Å²) in [5.41, 5.74) is 8.65. The van der Waals surface area contributed by atoms with E-state index in [0.29, 0.717) is 12.4 Å². The van der Waals surface area contributed by atoms with E-state index in [-0.39, 0.29) is 24.8 Å². The third kappa shape index (κ3) is 3.33. The van der Waals surface area contributed by atoms with Crippen LogP contribution in [0.15, 0.2) is 6.07 Å². The van der Waals surface area contributed by atoms with Crippen LogP contribution in [0.25, 0.3) is 0 Å². The van der Waals surface area contributed by atoms with Gasteiger partial charge in [-0.3, -0.25) is 0 Å². The van der Waals surface area contributed by atoms with Gasteiger partial charge in [0.05, 0.1) is 7.11 Å². The van der Waals surface area contributed by atoms with Gasteiger partial charge in [-0.1, -0.05) is 0 Å². The molecule has 1 heterocycles. The first kappa shape index (κ1) is 15.9. The average molecular weight is 239 g/mol. The summed E-state index contributed by atoms with van der Waals surface area (Å²) in [6.07, 6.45) is 0. The highest BCUT2D eigenvalue weighted by Crippen LogP contribution is 2.19.